The molecule has 8 nitrogen and oxygen atoms in total. The van der Waals surface area contributed by atoms with Gasteiger partial charge < -0.3 is 24.8 Å². The maximum absolute atomic E-state index is 15.0. The van der Waals surface area contributed by atoms with Crippen LogP contribution in [0.4, 0.5) is 31.9 Å². The molecule has 1 saturated heterocycles. The largest absolute Gasteiger partial charge is 0.482 e. The van der Waals surface area contributed by atoms with E-state index in [0.717, 1.165) is 37.9 Å². The molecule has 0 atom stereocenters. The molecule has 0 saturated carbocycles. The first-order valence-electron chi connectivity index (χ1n) is 12.8. The molecule has 4 heterocycles. The average molecular weight is 522 g/mol. The van der Waals surface area contributed by atoms with E-state index in [2.05, 4.69) is 50.7 Å². The van der Waals surface area contributed by atoms with Crippen LogP contribution in [0, 0.1) is 11.6 Å². The van der Waals surface area contributed by atoms with Crippen molar-refractivity contribution in [2.75, 3.05) is 48.9 Å². The van der Waals surface area contributed by atoms with Gasteiger partial charge in [0.05, 0.1) is 23.8 Å². The van der Waals surface area contributed by atoms with Gasteiger partial charge in [-0.05, 0) is 65.0 Å². The topological polar surface area (TPSA) is 69.6 Å². The summed E-state index contributed by atoms with van der Waals surface area (Å²) < 4.78 is 35.5. The van der Waals surface area contributed by atoms with Gasteiger partial charge in [0.1, 0.15) is 18.1 Å². The molecule has 0 unspecified atom stereocenters. The van der Waals surface area contributed by atoms with E-state index in [4.69, 9.17) is 4.74 Å². The second-order valence-corrected chi connectivity index (χ2v) is 10.2. The van der Waals surface area contributed by atoms with Gasteiger partial charge in [-0.15, -0.1) is 0 Å². The molecule has 2 aliphatic rings. The fourth-order valence-corrected chi connectivity index (χ4v) is 5.09. The Morgan fingerprint density at radius 3 is 2.50 bits per heavy atom. The lowest BCUT2D eigenvalue weighted by Gasteiger charge is -2.36. The Bertz CT molecular complexity index is 1320. The van der Waals surface area contributed by atoms with Crippen LogP contribution in [0.2, 0.25) is 0 Å². The summed E-state index contributed by atoms with van der Waals surface area (Å²) in [7, 11) is 4.24. The second kappa shape index (κ2) is 10.5. The summed E-state index contributed by atoms with van der Waals surface area (Å²) in [5.74, 6) is -0.0211. The van der Waals surface area contributed by atoms with E-state index in [1.165, 1.54) is 6.07 Å². The summed E-state index contributed by atoms with van der Waals surface area (Å²) in [6.45, 7) is 10.1. The monoisotopic (exact) mass is 521 g/mol. The highest BCUT2D eigenvalue weighted by Gasteiger charge is 2.28. The standard InChI is InChI=1S/C28H33F2N7O/c1-17(2)37-18(3)16-38-27-22(29)12-19(13-24(27)37)26-23(30)15-32-28(34-26)33-20-6-7-25(31-14-20)36-10-8-21(9-11-36)35(4)5/h6-7,12-15,17,21H,3,8-11,16H2,1-2,4-5H3,(H,32,33,34). The SMILES string of the molecule is C=C1COc2c(F)cc(-c3nc(Nc4ccc(N5CCC(N(C)C)CC5)nc4)ncc3F)cc2N1C(C)C. The molecule has 0 aliphatic carbocycles. The zero-order valence-electron chi connectivity index (χ0n) is 22.2. The summed E-state index contributed by atoms with van der Waals surface area (Å²) in [5, 5.41) is 3.08. The van der Waals surface area contributed by atoms with Gasteiger partial charge in [-0.3, -0.25) is 0 Å². The highest BCUT2D eigenvalue weighted by Crippen LogP contribution is 2.41. The van der Waals surface area contributed by atoms with Crippen molar-refractivity contribution >= 4 is 23.1 Å². The lowest BCUT2D eigenvalue weighted by Crippen LogP contribution is -2.42. The van der Waals surface area contributed by atoms with E-state index in [9.17, 15) is 4.39 Å². The molecule has 0 bridgehead atoms. The zero-order chi connectivity index (χ0) is 27.0. The number of hydrogen-bond acceptors (Lipinski definition) is 8. The number of hydrogen-bond donors (Lipinski definition) is 1. The molecule has 0 spiro atoms. The zero-order valence-corrected chi connectivity index (χ0v) is 22.2. The van der Waals surface area contributed by atoms with E-state index in [1.807, 2.05) is 30.9 Å². The summed E-state index contributed by atoms with van der Waals surface area (Å²) in [6, 6.07) is 7.37. The van der Waals surface area contributed by atoms with Gasteiger partial charge in [0.25, 0.3) is 0 Å². The molecule has 3 aromatic rings. The first-order valence-corrected chi connectivity index (χ1v) is 12.8. The minimum atomic E-state index is -0.656. The van der Waals surface area contributed by atoms with Crippen molar-refractivity contribution in [3.63, 3.8) is 0 Å². The van der Waals surface area contributed by atoms with Gasteiger partial charge >= 0.3 is 0 Å². The lowest BCUT2D eigenvalue weighted by molar-refractivity contribution is 0.249. The van der Waals surface area contributed by atoms with Gasteiger partial charge in [-0.1, -0.05) is 6.58 Å². The van der Waals surface area contributed by atoms with Crippen LogP contribution in [-0.4, -0.2) is 65.7 Å². The van der Waals surface area contributed by atoms with Crippen molar-refractivity contribution in [1.82, 2.24) is 19.9 Å². The van der Waals surface area contributed by atoms with Crippen LogP contribution in [0.3, 0.4) is 0 Å². The van der Waals surface area contributed by atoms with Crippen molar-refractivity contribution < 1.29 is 13.5 Å². The highest BCUT2D eigenvalue weighted by atomic mass is 19.1. The van der Waals surface area contributed by atoms with Crippen LogP contribution in [0.25, 0.3) is 11.3 Å². The minimum Gasteiger partial charge on any atom is -0.482 e. The Morgan fingerprint density at radius 1 is 1.08 bits per heavy atom. The van der Waals surface area contributed by atoms with E-state index in [0.29, 0.717) is 23.1 Å². The number of ether oxygens (including phenoxy) is 1. The first-order chi connectivity index (χ1) is 18.2. The summed E-state index contributed by atoms with van der Waals surface area (Å²) in [6.07, 6.45) is 4.98. The third-order valence-corrected chi connectivity index (χ3v) is 7.06. The number of anilines is 4. The fraction of sp³-hybridized carbons (Fsp3) is 0.393. The van der Waals surface area contributed by atoms with Crippen LogP contribution in [0.1, 0.15) is 26.7 Å². The van der Waals surface area contributed by atoms with E-state index in [-0.39, 0.29) is 35.6 Å². The number of halogens is 2. The van der Waals surface area contributed by atoms with Crippen molar-refractivity contribution in [3.8, 4) is 17.0 Å². The molecule has 1 aromatic carbocycles. The smallest absolute Gasteiger partial charge is 0.227 e. The normalized spacial score (nSPS) is 16.2. The Morgan fingerprint density at radius 2 is 1.84 bits per heavy atom. The number of benzene rings is 1. The number of rotatable bonds is 6. The number of fused-ring (bicyclic) bond motifs is 1. The van der Waals surface area contributed by atoms with Crippen molar-refractivity contribution in [1.29, 1.82) is 0 Å². The number of pyridine rings is 1. The summed E-state index contributed by atoms with van der Waals surface area (Å²) in [4.78, 5) is 19.5. The molecule has 1 fully saturated rings. The molecule has 1 N–H and O–H groups in total. The predicted molar refractivity (Wildman–Crippen MR) is 146 cm³/mol. The second-order valence-electron chi connectivity index (χ2n) is 10.2. The molecular weight excluding hydrogens is 488 g/mol. The number of aromatic nitrogens is 3. The average Bonchev–Trinajstić information content (AvgIpc) is 2.89. The molecule has 2 aliphatic heterocycles. The predicted octanol–water partition coefficient (Wildman–Crippen LogP) is 5.21. The molecular formula is C28H33F2N7O. The van der Waals surface area contributed by atoms with Gasteiger partial charge in [-0.25, -0.2) is 23.7 Å². The molecule has 38 heavy (non-hydrogen) atoms. The Kier molecular flexibility index (Phi) is 7.16. The Balaban J connectivity index is 1.36. The van der Waals surface area contributed by atoms with Crippen LogP contribution in [0.5, 0.6) is 5.75 Å². The molecule has 5 rings (SSSR count). The van der Waals surface area contributed by atoms with Gasteiger partial charge in [0.2, 0.25) is 5.95 Å². The van der Waals surface area contributed by atoms with Gasteiger partial charge in [-0.2, -0.15) is 0 Å². The van der Waals surface area contributed by atoms with Crippen molar-refractivity contribution in [2.45, 2.75) is 38.8 Å². The summed E-state index contributed by atoms with van der Waals surface area (Å²) >= 11 is 0. The summed E-state index contributed by atoms with van der Waals surface area (Å²) in [5.41, 5.74) is 2.13. The van der Waals surface area contributed by atoms with Crippen LogP contribution in [0.15, 0.2) is 48.9 Å². The fourth-order valence-electron chi connectivity index (χ4n) is 5.09. The third kappa shape index (κ3) is 5.13. The van der Waals surface area contributed by atoms with Gasteiger partial charge in [0, 0.05) is 36.4 Å². The Labute approximate surface area is 222 Å². The van der Waals surface area contributed by atoms with E-state index >= 15 is 4.39 Å². The van der Waals surface area contributed by atoms with Crippen LogP contribution < -0.4 is 19.9 Å². The number of nitrogens with one attached hydrogen (secondary N) is 1. The van der Waals surface area contributed by atoms with E-state index < -0.39 is 11.6 Å². The molecule has 0 radical (unpaired) electrons. The highest BCUT2D eigenvalue weighted by molar-refractivity contribution is 5.75. The van der Waals surface area contributed by atoms with Gasteiger partial charge in [0.15, 0.2) is 17.4 Å². The number of piperidine rings is 1. The molecule has 10 heteroatoms. The van der Waals surface area contributed by atoms with Crippen LogP contribution in [-0.2, 0) is 0 Å². The van der Waals surface area contributed by atoms with Crippen molar-refractivity contribution in [3.05, 3.63) is 60.6 Å². The minimum absolute atomic E-state index is 0.0158. The first kappa shape index (κ1) is 25.8. The third-order valence-electron chi connectivity index (χ3n) is 7.06. The number of nitrogens with zero attached hydrogens (tertiary/aromatic N) is 6. The van der Waals surface area contributed by atoms with Crippen molar-refractivity contribution in [2.24, 2.45) is 0 Å². The van der Waals surface area contributed by atoms with Crippen LogP contribution >= 0.6 is 0 Å². The molecule has 0 amide bonds. The quantitative estimate of drug-likeness (QED) is 0.474. The lowest BCUT2D eigenvalue weighted by atomic mass is 10.0. The Hall–Kier alpha value is -3.79. The maximum atomic E-state index is 15.0. The van der Waals surface area contributed by atoms with E-state index in [1.54, 1.807) is 12.3 Å². The molecule has 2 aromatic heterocycles. The maximum Gasteiger partial charge on any atom is 0.227 e. The molecule has 200 valence electrons.